The van der Waals surface area contributed by atoms with E-state index in [9.17, 15) is 0 Å². The first-order valence-corrected chi connectivity index (χ1v) is 7.08. The van der Waals surface area contributed by atoms with Gasteiger partial charge < -0.3 is 15.1 Å². The maximum atomic E-state index is 4.58. The van der Waals surface area contributed by atoms with Crippen molar-refractivity contribution >= 4 is 11.6 Å². The van der Waals surface area contributed by atoms with Gasteiger partial charge in [0, 0.05) is 32.7 Å². The number of likely N-dealkylation sites (tertiary alicyclic amines) is 1. The smallest absolute Gasteiger partial charge is 0.137 e. The molecule has 1 aliphatic heterocycles. The lowest BCUT2D eigenvalue weighted by molar-refractivity contribution is 0.346. The van der Waals surface area contributed by atoms with Crippen LogP contribution in [0, 0.1) is 13.8 Å². The Labute approximate surface area is 116 Å². The zero-order valence-electron chi connectivity index (χ0n) is 12.5. The summed E-state index contributed by atoms with van der Waals surface area (Å²) >= 11 is 0. The molecule has 1 saturated heterocycles. The van der Waals surface area contributed by atoms with Crippen molar-refractivity contribution < 1.29 is 0 Å². The number of rotatable bonds is 5. The zero-order valence-corrected chi connectivity index (χ0v) is 12.5. The summed E-state index contributed by atoms with van der Waals surface area (Å²) in [5, 5.41) is 3.14. The summed E-state index contributed by atoms with van der Waals surface area (Å²) in [5.41, 5.74) is 1.12. The highest BCUT2D eigenvalue weighted by Crippen LogP contribution is 2.22. The van der Waals surface area contributed by atoms with E-state index in [1.165, 1.54) is 25.9 Å². The second-order valence-electron chi connectivity index (χ2n) is 5.29. The van der Waals surface area contributed by atoms with E-state index in [4.69, 9.17) is 0 Å². The lowest BCUT2D eigenvalue weighted by Gasteiger charge is -2.24. The van der Waals surface area contributed by atoms with Gasteiger partial charge in [-0.05, 0) is 39.8 Å². The van der Waals surface area contributed by atoms with Gasteiger partial charge in [0.25, 0.3) is 0 Å². The molecule has 1 aliphatic rings. The normalized spacial score (nSPS) is 15.8. The molecule has 0 saturated carbocycles. The SMILES string of the molecule is CNc1nc(C)nc(N(C)CCN2CCCC2)c1C. The second kappa shape index (κ2) is 6.19. The van der Waals surface area contributed by atoms with Crippen molar-refractivity contribution in [3.05, 3.63) is 11.4 Å². The minimum Gasteiger partial charge on any atom is -0.373 e. The van der Waals surface area contributed by atoms with E-state index in [2.05, 4.69) is 39.1 Å². The van der Waals surface area contributed by atoms with Crippen LogP contribution in [0.3, 0.4) is 0 Å². The van der Waals surface area contributed by atoms with Gasteiger partial charge in [0.1, 0.15) is 17.5 Å². The molecule has 5 heteroatoms. The molecule has 0 bridgehead atoms. The Morgan fingerprint density at radius 1 is 1.21 bits per heavy atom. The molecule has 0 unspecified atom stereocenters. The van der Waals surface area contributed by atoms with E-state index < -0.39 is 0 Å². The number of likely N-dealkylation sites (N-methyl/N-ethyl adjacent to an activating group) is 1. The maximum absolute atomic E-state index is 4.58. The quantitative estimate of drug-likeness (QED) is 0.875. The first-order valence-electron chi connectivity index (χ1n) is 7.08. The van der Waals surface area contributed by atoms with Gasteiger partial charge in [-0.1, -0.05) is 0 Å². The van der Waals surface area contributed by atoms with Crippen molar-refractivity contribution in [2.24, 2.45) is 0 Å². The molecule has 2 rings (SSSR count). The highest BCUT2D eigenvalue weighted by atomic mass is 15.2. The van der Waals surface area contributed by atoms with Crippen molar-refractivity contribution in [2.75, 3.05) is 50.5 Å². The number of hydrogen-bond donors (Lipinski definition) is 1. The number of nitrogens with one attached hydrogen (secondary N) is 1. The van der Waals surface area contributed by atoms with Gasteiger partial charge in [0.15, 0.2) is 0 Å². The lowest BCUT2D eigenvalue weighted by atomic mass is 10.3. The van der Waals surface area contributed by atoms with Crippen molar-refractivity contribution in [1.82, 2.24) is 14.9 Å². The molecule has 1 aromatic heterocycles. The van der Waals surface area contributed by atoms with Gasteiger partial charge in [-0.3, -0.25) is 0 Å². The molecule has 2 heterocycles. The predicted molar refractivity (Wildman–Crippen MR) is 80.0 cm³/mol. The van der Waals surface area contributed by atoms with E-state index >= 15 is 0 Å². The summed E-state index contributed by atoms with van der Waals surface area (Å²) in [6.07, 6.45) is 2.69. The van der Waals surface area contributed by atoms with E-state index in [1.807, 2.05) is 14.0 Å². The summed E-state index contributed by atoms with van der Waals surface area (Å²) in [5.74, 6) is 2.78. The van der Waals surface area contributed by atoms with E-state index in [-0.39, 0.29) is 0 Å². The fourth-order valence-corrected chi connectivity index (χ4v) is 2.63. The molecule has 0 atom stereocenters. The van der Waals surface area contributed by atoms with Crippen LogP contribution < -0.4 is 10.2 Å². The first kappa shape index (κ1) is 14.1. The number of aromatic nitrogens is 2. The number of anilines is 2. The third-order valence-corrected chi connectivity index (χ3v) is 3.78. The number of aryl methyl sites for hydroxylation is 1. The Morgan fingerprint density at radius 3 is 2.53 bits per heavy atom. The van der Waals surface area contributed by atoms with Crippen molar-refractivity contribution in [1.29, 1.82) is 0 Å². The largest absolute Gasteiger partial charge is 0.373 e. The van der Waals surface area contributed by atoms with Crippen LogP contribution in [-0.4, -0.2) is 55.1 Å². The first-order chi connectivity index (χ1) is 9.11. The molecule has 0 spiro atoms. The van der Waals surface area contributed by atoms with Crippen LogP contribution in [0.2, 0.25) is 0 Å². The molecule has 106 valence electrons. The van der Waals surface area contributed by atoms with Crippen molar-refractivity contribution in [3.63, 3.8) is 0 Å². The van der Waals surface area contributed by atoms with Gasteiger partial charge in [0.05, 0.1) is 0 Å². The fraction of sp³-hybridized carbons (Fsp3) is 0.714. The molecule has 1 N–H and O–H groups in total. The third-order valence-electron chi connectivity index (χ3n) is 3.78. The Hall–Kier alpha value is -1.36. The Balaban J connectivity index is 2.05. The van der Waals surface area contributed by atoms with Gasteiger partial charge in [0.2, 0.25) is 0 Å². The molecular weight excluding hydrogens is 238 g/mol. The van der Waals surface area contributed by atoms with Crippen molar-refractivity contribution in [2.45, 2.75) is 26.7 Å². The van der Waals surface area contributed by atoms with Crippen LogP contribution in [0.5, 0.6) is 0 Å². The van der Waals surface area contributed by atoms with Gasteiger partial charge in [-0.25, -0.2) is 9.97 Å². The summed E-state index contributed by atoms with van der Waals surface area (Å²) in [6.45, 7) is 8.65. The molecule has 0 amide bonds. The number of hydrogen-bond acceptors (Lipinski definition) is 5. The fourth-order valence-electron chi connectivity index (χ4n) is 2.63. The maximum Gasteiger partial charge on any atom is 0.137 e. The summed E-state index contributed by atoms with van der Waals surface area (Å²) in [6, 6.07) is 0. The molecule has 19 heavy (non-hydrogen) atoms. The Kier molecular flexibility index (Phi) is 4.58. The standard InChI is InChI=1S/C14H25N5/c1-11-13(15-3)16-12(2)17-14(11)18(4)9-10-19-7-5-6-8-19/h5-10H2,1-4H3,(H,15,16,17). The average molecular weight is 263 g/mol. The Bertz CT molecular complexity index is 426. The Morgan fingerprint density at radius 2 is 1.89 bits per heavy atom. The van der Waals surface area contributed by atoms with Crippen LogP contribution in [0.4, 0.5) is 11.6 Å². The highest BCUT2D eigenvalue weighted by Gasteiger charge is 2.15. The predicted octanol–water partition coefficient (Wildman–Crippen LogP) is 1.67. The van der Waals surface area contributed by atoms with Crippen LogP contribution in [0.25, 0.3) is 0 Å². The van der Waals surface area contributed by atoms with Gasteiger partial charge in [-0.15, -0.1) is 0 Å². The monoisotopic (exact) mass is 263 g/mol. The molecule has 0 radical (unpaired) electrons. The number of nitrogens with zero attached hydrogens (tertiary/aromatic N) is 4. The van der Waals surface area contributed by atoms with E-state index in [0.717, 1.165) is 36.1 Å². The third kappa shape index (κ3) is 3.35. The highest BCUT2D eigenvalue weighted by molar-refractivity contribution is 5.58. The topological polar surface area (TPSA) is 44.3 Å². The molecule has 1 aromatic rings. The average Bonchev–Trinajstić information content (AvgIpc) is 2.91. The van der Waals surface area contributed by atoms with Crippen LogP contribution >= 0.6 is 0 Å². The van der Waals surface area contributed by atoms with Crippen molar-refractivity contribution in [3.8, 4) is 0 Å². The summed E-state index contributed by atoms with van der Waals surface area (Å²) < 4.78 is 0. The molecule has 5 nitrogen and oxygen atoms in total. The lowest BCUT2D eigenvalue weighted by Crippen LogP contribution is -2.32. The minimum atomic E-state index is 0.818. The summed E-state index contributed by atoms with van der Waals surface area (Å²) in [4.78, 5) is 13.8. The molecular formula is C14H25N5. The van der Waals surface area contributed by atoms with E-state index in [0.29, 0.717) is 0 Å². The van der Waals surface area contributed by atoms with Gasteiger partial charge in [-0.2, -0.15) is 0 Å². The zero-order chi connectivity index (χ0) is 13.8. The molecule has 0 aliphatic carbocycles. The summed E-state index contributed by atoms with van der Waals surface area (Å²) in [7, 11) is 4.02. The second-order valence-corrected chi connectivity index (χ2v) is 5.29. The van der Waals surface area contributed by atoms with E-state index in [1.54, 1.807) is 0 Å². The van der Waals surface area contributed by atoms with Crippen LogP contribution in [-0.2, 0) is 0 Å². The van der Waals surface area contributed by atoms with Crippen LogP contribution in [0.15, 0.2) is 0 Å². The molecule has 1 fully saturated rings. The minimum absolute atomic E-state index is 0.818. The molecule has 0 aromatic carbocycles. The van der Waals surface area contributed by atoms with Gasteiger partial charge >= 0.3 is 0 Å². The van der Waals surface area contributed by atoms with Crippen LogP contribution in [0.1, 0.15) is 24.2 Å².